The van der Waals surface area contributed by atoms with Crippen LogP contribution in [0.15, 0.2) is 27.9 Å². The molecule has 0 radical (unpaired) electrons. The third-order valence-corrected chi connectivity index (χ3v) is 4.31. The zero-order valence-corrected chi connectivity index (χ0v) is 17.0. The molecule has 1 aliphatic rings. The van der Waals surface area contributed by atoms with Gasteiger partial charge in [-0.1, -0.05) is 22.9 Å². The summed E-state index contributed by atoms with van der Waals surface area (Å²) in [4.78, 5) is 24.9. The van der Waals surface area contributed by atoms with E-state index in [1.54, 1.807) is 26.0 Å². The molecule has 7 nitrogen and oxygen atoms in total. The van der Waals surface area contributed by atoms with Gasteiger partial charge in [0.25, 0.3) is 0 Å². The summed E-state index contributed by atoms with van der Waals surface area (Å²) in [6.45, 7) is 5.41. The van der Waals surface area contributed by atoms with E-state index >= 15 is 0 Å². The molecule has 1 aromatic carbocycles. The molecule has 0 bridgehead atoms. The number of rotatable bonds is 6. The van der Waals surface area contributed by atoms with E-state index in [-0.39, 0.29) is 6.10 Å². The van der Waals surface area contributed by atoms with Gasteiger partial charge >= 0.3 is 12.0 Å². The third kappa shape index (κ3) is 4.12. The largest absolute Gasteiger partial charge is 0.493 e. The monoisotopic (exact) mass is 426 g/mol. The van der Waals surface area contributed by atoms with E-state index < -0.39 is 18.0 Å². The van der Waals surface area contributed by atoms with Gasteiger partial charge in [0, 0.05) is 15.7 Å². The van der Waals surface area contributed by atoms with Gasteiger partial charge in [-0.2, -0.15) is 0 Å². The minimum absolute atomic E-state index is 0.287. The number of hydrogen-bond acceptors (Lipinski definition) is 5. The summed E-state index contributed by atoms with van der Waals surface area (Å²) in [5.74, 6) is 0.433. The van der Waals surface area contributed by atoms with E-state index in [1.165, 1.54) is 14.2 Å². The van der Waals surface area contributed by atoms with E-state index in [2.05, 4.69) is 26.6 Å². The minimum Gasteiger partial charge on any atom is -0.493 e. The molecule has 2 amide bonds. The van der Waals surface area contributed by atoms with Crippen LogP contribution in [0.3, 0.4) is 0 Å². The normalized spacial score (nSPS) is 16.9. The van der Waals surface area contributed by atoms with Crippen LogP contribution >= 0.6 is 15.9 Å². The highest BCUT2D eigenvalue weighted by Gasteiger charge is 2.36. The van der Waals surface area contributed by atoms with Crippen LogP contribution in [0.4, 0.5) is 4.79 Å². The van der Waals surface area contributed by atoms with E-state index in [0.717, 1.165) is 4.47 Å². The number of ether oxygens (including phenoxy) is 3. The number of benzene rings is 1. The van der Waals surface area contributed by atoms with E-state index in [9.17, 15) is 9.59 Å². The molecule has 0 saturated carbocycles. The summed E-state index contributed by atoms with van der Waals surface area (Å²) in [6, 6.07) is 2.41. The number of allylic oxidation sites excluding steroid dienone is 1. The van der Waals surface area contributed by atoms with E-state index in [4.69, 9.17) is 14.2 Å². The lowest BCUT2D eigenvalue weighted by molar-refractivity contribution is -0.143. The minimum atomic E-state index is -0.730. The summed E-state index contributed by atoms with van der Waals surface area (Å²) < 4.78 is 17.0. The Kier molecular flexibility index (Phi) is 6.52. The summed E-state index contributed by atoms with van der Waals surface area (Å²) in [6.07, 6.45) is 0.185. The molecule has 1 unspecified atom stereocenters. The molecule has 1 atom stereocenters. The number of halogens is 1. The molecule has 2 rings (SSSR count). The fraction of sp³-hybridized carbons (Fsp3) is 0.444. The summed E-state index contributed by atoms with van der Waals surface area (Å²) in [5, 5.41) is 5.48. The lowest BCUT2D eigenvalue weighted by atomic mass is 9.93. The van der Waals surface area contributed by atoms with Gasteiger partial charge in [0.1, 0.15) is 0 Å². The van der Waals surface area contributed by atoms with Gasteiger partial charge in [-0.15, -0.1) is 0 Å². The number of hydrogen-bond donors (Lipinski definition) is 2. The Morgan fingerprint density at radius 3 is 2.50 bits per heavy atom. The molecular weight excluding hydrogens is 404 g/mol. The van der Waals surface area contributed by atoms with Crippen molar-refractivity contribution in [3.05, 3.63) is 33.4 Å². The highest BCUT2D eigenvalue weighted by Crippen LogP contribution is 2.41. The molecule has 142 valence electrons. The van der Waals surface area contributed by atoms with Gasteiger partial charge in [-0.25, -0.2) is 9.59 Å². The molecule has 0 spiro atoms. The molecule has 0 aromatic heterocycles. The second kappa shape index (κ2) is 8.44. The quantitative estimate of drug-likeness (QED) is 0.680. The first-order valence-electron chi connectivity index (χ1n) is 8.25. The Morgan fingerprint density at radius 1 is 1.27 bits per heavy atom. The van der Waals surface area contributed by atoms with Gasteiger partial charge in [-0.3, -0.25) is 0 Å². The molecule has 26 heavy (non-hydrogen) atoms. The maximum Gasteiger partial charge on any atom is 0.338 e. The first-order chi connectivity index (χ1) is 12.3. The van der Waals surface area contributed by atoms with Crippen LogP contribution in [-0.2, 0) is 9.53 Å². The molecule has 0 saturated heterocycles. The highest BCUT2D eigenvalue weighted by molar-refractivity contribution is 9.10. The van der Waals surface area contributed by atoms with Gasteiger partial charge in [-0.05, 0) is 32.4 Å². The van der Waals surface area contributed by atoms with Crippen molar-refractivity contribution in [3.63, 3.8) is 0 Å². The van der Waals surface area contributed by atoms with Crippen LogP contribution in [0.5, 0.6) is 11.5 Å². The maximum absolute atomic E-state index is 12.8. The van der Waals surface area contributed by atoms with Crippen molar-refractivity contribution in [1.82, 2.24) is 10.6 Å². The standard InChI is InChI=1S/C18H23BrN2O5/c1-6-12-14(17(22)26-9(2)3)15(21-18(23)20-12)11-7-10(19)8-13(24-4)16(11)25-5/h7-9,15H,6H2,1-5H3,(H2,20,21,23). The van der Waals surface area contributed by atoms with Crippen molar-refractivity contribution in [1.29, 1.82) is 0 Å². The molecule has 1 aliphatic heterocycles. The van der Waals surface area contributed by atoms with Crippen LogP contribution < -0.4 is 20.1 Å². The fourth-order valence-electron chi connectivity index (χ4n) is 2.82. The number of carbonyl (C=O) groups excluding carboxylic acids is 2. The maximum atomic E-state index is 12.8. The lowest BCUT2D eigenvalue weighted by Crippen LogP contribution is -2.46. The smallest absolute Gasteiger partial charge is 0.338 e. The summed E-state index contributed by atoms with van der Waals surface area (Å²) >= 11 is 3.43. The zero-order valence-electron chi connectivity index (χ0n) is 15.4. The SMILES string of the molecule is CCC1=C(C(=O)OC(C)C)C(c2cc(Br)cc(OC)c2OC)NC(=O)N1. The fourth-order valence-corrected chi connectivity index (χ4v) is 3.28. The second-order valence-corrected chi connectivity index (χ2v) is 6.88. The first-order valence-corrected chi connectivity index (χ1v) is 9.04. The van der Waals surface area contributed by atoms with Crippen molar-refractivity contribution in [3.8, 4) is 11.5 Å². The average molecular weight is 427 g/mol. The predicted octanol–water partition coefficient (Wildman–Crippen LogP) is 3.44. The van der Waals surface area contributed by atoms with Crippen molar-refractivity contribution >= 4 is 27.9 Å². The second-order valence-electron chi connectivity index (χ2n) is 5.96. The lowest BCUT2D eigenvalue weighted by Gasteiger charge is -2.30. The Labute approximate surface area is 161 Å². The third-order valence-electron chi connectivity index (χ3n) is 3.85. The van der Waals surface area contributed by atoms with Crippen LogP contribution in [0.1, 0.15) is 38.8 Å². The topological polar surface area (TPSA) is 85.9 Å². The number of carbonyl (C=O) groups is 2. The molecule has 2 N–H and O–H groups in total. The van der Waals surface area contributed by atoms with Crippen LogP contribution in [0.2, 0.25) is 0 Å². The van der Waals surface area contributed by atoms with E-state index in [1.807, 2.05) is 6.92 Å². The van der Waals surface area contributed by atoms with Gasteiger partial charge in [0.15, 0.2) is 11.5 Å². The van der Waals surface area contributed by atoms with Gasteiger partial charge in [0.2, 0.25) is 0 Å². The summed E-state index contributed by atoms with van der Waals surface area (Å²) in [7, 11) is 3.03. The Morgan fingerprint density at radius 2 is 1.96 bits per heavy atom. The molecule has 0 fully saturated rings. The van der Waals surface area contributed by atoms with Crippen molar-refractivity contribution in [2.24, 2.45) is 0 Å². The van der Waals surface area contributed by atoms with Crippen LogP contribution in [0, 0.1) is 0 Å². The van der Waals surface area contributed by atoms with Gasteiger partial charge < -0.3 is 24.8 Å². The molecule has 1 heterocycles. The number of esters is 1. The van der Waals surface area contributed by atoms with Crippen LogP contribution in [0.25, 0.3) is 0 Å². The Hall–Kier alpha value is -2.22. The van der Waals surface area contributed by atoms with Crippen molar-refractivity contribution in [2.45, 2.75) is 39.3 Å². The van der Waals surface area contributed by atoms with Crippen LogP contribution in [-0.4, -0.2) is 32.3 Å². The molecule has 8 heteroatoms. The predicted molar refractivity (Wildman–Crippen MR) is 100 cm³/mol. The summed E-state index contributed by atoms with van der Waals surface area (Å²) in [5.41, 5.74) is 1.46. The molecule has 0 aliphatic carbocycles. The Bertz CT molecular complexity index is 745. The Balaban J connectivity index is 2.66. The highest BCUT2D eigenvalue weighted by atomic mass is 79.9. The number of urea groups is 1. The number of methoxy groups -OCH3 is 2. The van der Waals surface area contributed by atoms with Gasteiger partial charge in [0.05, 0.1) is 31.9 Å². The number of nitrogens with one attached hydrogen (secondary N) is 2. The molecule has 1 aromatic rings. The molecular formula is C18H23BrN2O5. The van der Waals surface area contributed by atoms with Crippen molar-refractivity contribution in [2.75, 3.05) is 14.2 Å². The van der Waals surface area contributed by atoms with Crippen molar-refractivity contribution < 1.29 is 23.8 Å². The first kappa shape index (κ1) is 20.1. The zero-order chi connectivity index (χ0) is 19.4. The number of amides is 2. The van der Waals surface area contributed by atoms with E-state index in [0.29, 0.717) is 34.8 Å². The average Bonchev–Trinajstić information content (AvgIpc) is 2.59.